The molecule has 5 rings (SSSR count). The minimum atomic E-state index is -0.166. The van der Waals surface area contributed by atoms with Crippen molar-refractivity contribution in [3.63, 3.8) is 0 Å². The Bertz CT molecular complexity index is 1130. The molecule has 0 aliphatic heterocycles. The van der Waals surface area contributed by atoms with Crippen molar-refractivity contribution in [3.8, 4) is 22.3 Å². The first-order valence-corrected chi connectivity index (χ1v) is 10.0. The zero-order chi connectivity index (χ0) is 18.4. The Morgan fingerprint density at radius 2 is 1.33 bits per heavy atom. The fraction of sp³-hybridized carbons (Fsp3) is 0.0769. The van der Waals surface area contributed by atoms with E-state index in [9.17, 15) is 0 Å². The van der Waals surface area contributed by atoms with Crippen LogP contribution in [0.25, 0.3) is 22.3 Å². The van der Waals surface area contributed by atoms with Gasteiger partial charge in [-0.3, -0.25) is 0 Å². The second-order valence-corrected chi connectivity index (χ2v) is 8.19. The monoisotopic (exact) mass is 410 g/mol. The van der Waals surface area contributed by atoms with Crippen molar-refractivity contribution in [1.29, 1.82) is 0 Å². The third-order valence-corrected chi connectivity index (χ3v) is 6.32. The normalized spacial score (nSPS) is 17.4. The van der Waals surface area contributed by atoms with Gasteiger partial charge >= 0.3 is 0 Å². The van der Waals surface area contributed by atoms with Crippen LogP contribution in [0.15, 0.2) is 102 Å². The molecule has 4 aromatic carbocycles. The van der Waals surface area contributed by atoms with Gasteiger partial charge in [0.25, 0.3) is 0 Å². The molecule has 0 radical (unpaired) electrons. The van der Waals surface area contributed by atoms with E-state index in [0.717, 1.165) is 4.47 Å². The van der Waals surface area contributed by atoms with Crippen molar-refractivity contribution in [3.05, 3.63) is 118 Å². The molecule has 1 aliphatic carbocycles. The number of hydrogen-bond acceptors (Lipinski definition) is 0. The fourth-order valence-electron chi connectivity index (χ4n) is 4.49. The second-order valence-electron chi connectivity index (χ2n) is 7.28. The van der Waals surface area contributed by atoms with E-state index in [4.69, 9.17) is 0 Å². The molecular weight excluding hydrogens is 392 g/mol. The lowest BCUT2D eigenvalue weighted by Gasteiger charge is -2.28. The molecule has 130 valence electrons. The Balaban J connectivity index is 1.88. The molecule has 0 nitrogen and oxygen atoms in total. The maximum absolute atomic E-state index is 3.70. The summed E-state index contributed by atoms with van der Waals surface area (Å²) in [5.41, 5.74) is 9.16. The van der Waals surface area contributed by atoms with Crippen LogP contribution < -0.4 is 0 Å². The Labute approximate surface area is 168 Å². The van der Waals surface area contributed by atoms with Crippen molar-refractivity contribution >= 4 is 15.9 Å². The first kappa shape index (κ1) is 16.5. The number of halogens is 1. The molecule has 0 bridgehead atoms. The van der Waals surface area contributed by atoms with Gasteiger partial charge in [-0.15, -0.1) is 0 Å². The summed E-state index contributed by atoms with van der Waals surface area (Å²) >= 11 is 3.70. The molecule has 0 fully saturated rings. The van der Waals surface area contributed by atoms with Gasteiger partial charge in [0.15, 0.2) is 0 Å². The van der Waals surface area contributed by atoms with Crippen LogP contribution >= 0.6 is 15.9 Å². The van der Waals surface area contributed by atoms with Crippen LogP contribution in [0.1, 0.15) is 23.6 Å². The lowest BCUT2D eigenvalue weighted by atomic mass is 9.74. The van der Waals surface area contributed by atoms with Gasteiger partial charge in [-0.05, 0) is 58.0 Å². The molecule has 1 unspecified atom stereocenters. The molecule has 1 aliphatic rings. The standard InChI is InChI=1S/C26H19Br/c1-26(19-11-6-3-7-12-19)23-14-8-13-21(18-9-4-2-5-10-18)25(23)22-16-15-20(27)17-24(22)26/h2-17H,1H3. The first-order chi connectivity index (χ1) is 13.2. The lowest BCUT2D eigenvalue weighted by Crippen LogP contribution is -2.22. The summed E-state index contributed by atoms with van der Waals surface area (Å²) in [7, 11) is 0. The zero-order valence-electron chi connectivity index (χ0n) is 15.1. The van der Waals surface area contributed by atoms with E-state index in [2.05, 4.69) is 120 Å². The molecule has 0 N–H and O–H groups in total. The van der Waals surface area contributed by atoms with Gasteiger partial charge in [-0.1, -0.05) is 101 Å². The average molecular weight is 411 g/mol. The van der Waals surface area contributed by atoms with Crippen molar-refractivity contribution < 1.29 is 0 Å². The SMILES string of the molecule is CC1(c2ccccc2)c2cc(Br)ccc2-c2c(-c3ccccc3)cccc21. The third kappa shape index (κ3) is 2.42. The lowest BCUT2D eigenvalue weighted by molar-refractivity contribution is 0.713. The van der Waals surface area contributed by atoms with Gasteiger partial charge in [-0.25, -0.2) is 0 Å². The van der Waals surface area contributed by atoms with E-state index in [1.54, 1.807) is 0 Å². The minimum Gasteiger partial charge on any atom is -0.0622 e. The smallest absolute Gasteiger partial charge is 0.0436 e. The molecule has 27 heavy (non-hydrogen) atoms. The maximum Gasteiger partial charge on any atom is 0.0436 e. The van der Waals surface area contributed by atoms with E-state index in [1.165, 1.54) is 38.9 Å². The van der Waals surface area contributed by atoms with Gasteiger partial charge < -0.3 is 0 Å². The van der Waals surface area contributed by atoms with Gasteiger partial charge in [-0.2, -0.15) is 0 Å². The number of rotatable bonds is 2. The Morgan fingerprint density at radius 3 is 2.07 bits per heavy atom. The van der Waals surface area contributed by atoms with Crippen molar-refractivity contribution in [2.75, 3.05) is 0 Å². The van der Waals surface area contributed by atoms with Crippen LogP contribution in [0.5, 0.6) is 0 Å². The van der Waals surface area contributed by atoms with Crippen LogP contribution in [0.2, 0.25) is 0 Å². The van der Waals surface area contributed by atoms with Crippen LogP contribution in [0, 0.1) is 0 Å². The van der Waals surface area contributed by atoms with Crippen molar-refractivity contribution in [2.24, 2.45) is 0 Å². The summed E-state index contributed by atoms with van der Waals surface area (Å²) in [5.74, 6) is 0. The highest BCUT2D eigenvalue weighted by molar-refractivity contribution is 9.10. The number of fused-ring (bicyclic) bond motifs is 3. The molecule has 1 heteroatoms. The van der Waals surface area contributed by atoms with Gasteiger partial charge in [0, 0.05) is 9.89 Å². The predicted octanol–water partition coefficient (Wildman–Crippen LogP) is 7.45. The molecule has 4 aromatic rings. The van der Waals surface area contributed by atoms with E-state index in [0.29, 0.717) is 0 Å². The highest BCUT2D eigenvalue weighted by Gasteiger charge is 2.41. The van der Waals surface area contributed by atoms with E-state index in [-0.39, 0.29) is 5.41 Å². The van der Waals surface area contributed by atoms with Crippen molar-refractivity contribution in [2.45, 2.75) is 12.3 Å². The molecular formula is C26H19Br. The molecule has 0 heterocycles. The highest BCUT2D eigenvalue weighted by Crippen LogP contribution is 2.55. The summed E-state index contributed by atoms with van der Waals surface area (Å²) in [6, 6.07) is 35.0. The molecule has 0 aromatic heterocycles. The second kappa shape index (κ2) is 6.21. The molecule has 0 saturated carbocycles. The summed E-state index contributed by atoms with van der Waals surface area (Å²) in [6.07, 6.45) is 0. The first-order valence-electron chi connectivity index (χ1n) is 9.24. The Kier molecular flexibility index (Phi) is 3.80. The highest BCUT2D eigenvalue weighted by atomic mass is 79.9. The van der Waals surface area contributed by atoms with E-state index < -0.39 is 0 Å². The van der Waals surface area contributed by atoms with Crippen LogP contribution in [-0.2, 0) is 5.41 Å². The van der Waals surface area contributed by atoms with Gasteiger partial charge in [0.05, 0.1) is 0 Å². The summed E-state index contributed by atoms with van der Waals surface area (Å²) < 4.78 is 1.12. The molecule has 0 spiro atoms. The van der Waals surface area contributed by atoms with E-state index in [1.807, 2.05) is 0 Å². The minimum absolute atomic E-state index is 0.166. The van der Waals surface area contributed by atoms with Crippen LogP contribution in [0.4, 0.5) is 0 Å². The van der Waals surface area contributed by atoms with Crippen LogP contribution in [-0.4, -0.2) is 0 Å². The van der Waals surface area contributed by atoms with Crippen LogP contribution in [0.3, 0.4) is 0 Å². The summed E-state index contributed by atoms with van der Waals surface area (Å²) in [5, 5.41) is 0. The van der Waals surface area contributed by atoms with E-state index >= 15 is 0 Å². The largest absolute Gasteiger partial charge is 0.0622 e. The van der Waals surface area contributed by atoms with Crippen molar-refractivity contribution in [1.82, 2.24) is 0 Å². The summed E-state index contributed by atoms with van der Waals surface area (Å²) in [6.45, 7) is 2.36. The van der Waals surface area contributed by atoms with Gasteiger partial charge in [0.2, 0.25) is 0 Å². The molecule has 0 saturated heterocycles. The summed E-state index contributed by atoms with van der Waals surface area (Å²) in [4.78, 5) is 0. The number of benzene rings is 4. The Hall–Kier alpha value is -2.64. The third-order valence-electron chi connectivity index (χ3n) is 5.83. The number of hydrogen-bond donors (Lipinski definition) is 0. The van der Waals surface area contributed by atoms with Gasteiger partial charge in [0.1, 0.15) is 0 Å². The zero-order valence-corrected chi connectivity index (χ0v) is 16.7. The average Bonchev–Trinajstić information content (AvgIpc) is 2.99. The quantitative estimate of drug-likeness (QED) is 0.321. The fourth-order valence-corrected chi connectivity index (χ4v) is 4.85. The topological polar surface area (TPSA) is 0 Å². The maximum atomic E-state index is 3.70. The predicted molar refractivity (Wildman–Crippen MR) is 117 cm³/mol. The molecule has 1 atom stereocenters. The molecule has 0 amide bonds. The Morgan fingerprint density at radius 1 is 0.630 bits per heavy atom.